The molecule has 0 bridgehead atoms. The molecule has 1 aliphatic carbocycles. The van der Waals surface area contributed by atoms with E-state index in [0.717, 1.165) is 29.9 Å². The first-order valence-corrected chi connectivity index (χ1v) is 11.4. The monoisotopic (exact) mass is 437 g/mol. The highest BCUT2D eigenvalue weighted by molar-refractivity contribution is 8.01. The van der Waals surface area contributed by atoms with E-state index in [1.54, 1.807) is 31.3 Å². The highest BCUT2D eigenvalue weighted by atomic mass is 32.2. The van der Waals surface area contributed by atoms with Crippen LogP contribution in [0.25, 0.3) is 0 Å². The van der Waals surface area contributed by atoms with Crippen molar-refractivity contribution in [2.75, 3.05) is 22.5 Å². The van der Waals surface area contributed by atoms with Crippen LogP contribution in [0.15, 0.2) is 34.7 Å². The van der Waals surface area contributed by atoms with Crippen LogP contribution in [0.4, 0.5) is 20.0 Å². The smallest absolute Gasteiger partial charge is 0.328 e. The van der Waals surface area contributed by atoms with E-state index in [2.05, 4.69) is 10.3 Å². The molecule has 1 fully saturated rings. The van der Waals surface area contributed by atoms with Crippen molar-refractivity contribution in [2.45, 2.75) is 36.8 Å². The Kier molecular flexibility index (Phi) is 7.49. The van der Waals surface area contributed by atoms with Gasteiger partial charge in [0.05, 0.1) is 22.0 Å². The van der Waals surface area contributed by atoms with Crippen LogP contribution in [0.2, 0.25) is 0 Å². The molecule has 2 N–H and O–H groups in total. The number of aromatic nitrogens is 1. The number of benzene rings is 1. The summed E-state index contributed by atoms with van der Waals surface area (Å²) in [4.78, 5) is 29.6. The first-order valence-electron chi connectivity index (χ1n) is 9.58. The van der Waals surface area contributed by atoms with Gasteiger partial charge >= 0.3 is 12.0 Å². The van der Waals surface area contributed by atoms with E-state index in [4.69, 9.17) is 5.11 Å². The quantitative estimate of drug-likeness (QED) is 0.546. The molecule has 156 valence electrons. The van der Waals surface area contributed by atoms with Crippen molar-refractivity contribution in [2.24, 2.45) is 11.8 Å². The van der Waals surface area contributed by atoms with E-state index >= 15 is 0 Å². The topological polar surface area (TPSA) is 82.5 Å². The molecule has 0 spiro atoms. The van der Waals surface area contributed by atoms with Gasteiger partial charge < -0.3 is 5.11 Å². The summed E-state index contributed by atoms with van der Waals surface area (Å²) in [7, 11) is 0. The summed E-state index contributed by atoms with van der Waals surface area (Å²) in [5.41, 5.74) is 0.262. The maximum atomic E-state index is 14.4. The van der Waals surface area contributed by atoms with Gasteiger partial charge in [0.15, 0.2) is 5.13 Å². The Morgan fingerprint density at radius 1 is 1.38 bits per heavy atom. The largest absolute Gasteiger partial charge is 0.481 e. The second-order valence-corrected chi connectivity index (χ2v) is 9.53. The average molecular weight is 438 g/mol. The number of urea groups is 1. The fraction of sp³-hybridized carbons (Fsp3) is 0.450. The SMILES string of the molecule is CC(CSc1cnc(NC(=O)N(CC2CCCC2)c2ccccc2F)s1)C(=O)O. The normalized spacial score (nSPS) is 15.2. The summed E-state index contributed by atoms with van der Waals surface area (Å²) >= 11 is 2.67. The lowest BCUT2D eigenvalue weighted by Gasteiger charge is -2.26. The molecule has 0 radical (unpaired) electrons. The summed E-state index contributed by atoms with van der Waals surface area (Å²) in [6.45, 7) is 2.12. The summed E-state index contributed by atoms with van der Waals surface area (Å²) in [5, 5.41) is 12.2. The molecule has 29 heavy (non-hydrogen) atoms. The maximum Gasteiger partial charge on any atom is 0.328 e. The van der Waals surface area contributed by atoms with Crippen molar-refractivity contribution in [1.82, 2.24) is 4.98 Å². The van der Waals surface area contributed by atoms with Crippen LogP contribution in [0, 0.1) is 17.7 Å². The molecule has 1 aromatic heterocycles. The molecule has 1 atom stereocenters. The van der Waals surface area contributed by atoms with Crippen molar-refractivity contribution in [3.05, 3.63) is 36.3 Å². The number of rotatable bonds is 8. The lowest BCUT2D eigenvalue weighted by atomic mass is 10.1. The average Bonchev–Trinajstić information content (AvgIpc) is 3.36. The first-order chi connectivity index (χ1) is 13.9. The third-order valence-corrected chi connectivity index (χ3v) is 7.27. The number of anilines is 2. The van der Waals surface area contributed by atoms with Crippen molar-refractivity contribution in [3.63, 3.8) is 0 Å². The maximum absolute atomic E-state index is 14.4. The van der Waals surface area contributed by atoms with Crippen molar-refractivity contribution < 1.29 is 19.1 Å². The molecule has 1 aromatic carbocycles. The molecule has 1 aliphatic rings. The fourth-order valence-electron chi connectivity index (χ4n) is 3.23. The van der Waals surface area contributed by atoms with Gasteiger partial charge in [-0.25, -0.2) is 14.2 Å². The Balaban J connectivity index is 1.68. The minimum atomic E-state index is -0.844. The van der Waals surface area contributed by atoms with E-state index in [1.165, 1.54) is 34.1 Å². The van der Waals surface area contributed by atoms with Crippen LogP contribution >= 0.6 is 23.1 Å². The number of nitrogens with one attached hydrogen (secondary N) is 1. The molecule has 1 unspecified atom stereocenters. The number of carboxylic acid groups (broad SMARTS) is 1. The molecule has 9 heteroatoms. The van der Waals surface area contributed by atoms with Gasteiger partial charge in [-0.3, -0.25) is 15.0 Å². The van der Waals surface area contributed by atoms with Gasteiger partial charge in [0, 0.05) is 12.3 Å². The number of hydrogen-bond donors (Lipinski definition) is 2. The summed E-state index contributed by atoms with van der Waals surface area (Å²) in [6, 6.07) is 5.88. The van der Waals surface area contributed by atoms with Gasteiger partial charge in [-0.2, -0.15) is 0 Å². The first kappa shape index (κ1) is 21.6. The van der Waals surface area contributed by atoms with Gasteiger partial charge in [-0.1, -0.05) is 43.2 Å². The molecule has 2 aromatic rings. The van der Waals surface area contributed by atoms with Crippen molar-refractivity contribution >= 4 is 45.9 Å². The molecule has 1 saturated carbocycles. The molecular weight excluding hydrogens is 413 g/mol. The zero-order valence-corrected chi connectivity index (χ0v) is 17.8. The number of carbonyl (C=O) groups is 2. The highest BCUT2D eigenvalue weighted by Crippen LogP contribution is 2.31. The van der Waals surface area contributed by atoms with Crippen LogP contribution in [0.5, 0.6) is 0 Å². The summed E-state index contributed by atoms with van der Waals surface area (Å²) in [6.07, 6.45) is 5.97. The van der Waals surface area contributed by atoms with Gasteiger partial charge in [0.1, 0.15) is 5.82 Å². The molecule has 0 aliphatic heterocycles. The zero-order valence-electron chi connectivity index (χ0n) is 16.1. The molecular formula is C20H24FN3O3S2. The van der Waals surface area contributed by atoms with Crippen molar-refractivity contribution in [1.29, 1.82) is 0 Å². The highest BCUT2D eigenvalue weighted by Gasteiger charge is 2.25. The molecule has 2 amide bonds. The van der Waals surface area contributed by atoms with Crippen LogP contribution < -0.4 is 10.2 Å². The minimum Gasteiger partial charge on any atom is -0.481 e. The number of hydrogen-bond acceptors (Lipinski definition) is 5. The van der Waals surface area contributed by atoms with Crippen LogP contribution in [-0.2, 0) is 4.79 Å². The third kappa shape index (κ3) is 5.93. The fourth-order valence-corrected chi connectivity index (χ4v) is 5.13. The molecule has 1 heterocycles. The van der Waals surface area contributed by atoms with E-state index in [-0.39, 0.29) is 5.69 Å². The van der Waals surface area contributed by atoms with Crippen molar-refractivity contribution in [3.8, 4) is 0 Å². The van der Waals surface area contributed by atoms with Gasteiger partial charge in [0.2, 0.25) is 0 Å². The number of thiazole rings is 1. The molecule has 6 nitrogen and oxygen atoms in total. The summed E-state index contributed by atoms with van der Waals surface area (Å²) < 4.78 is 15.2. The van der Waals surface area contributed by atoms with Gasteiger partial charge in [0.25, 0.3) is 0 Å². The molecule has 3 rings (SSSR count). The van der Waals surface area contributed by atoms with Crippen LogP contribution in [0.3, 0.4) is 0 Å². The van der Waals surface area contributed by atoms with E-state index in [0.29, 0.717) is 23.3 Å². The standard InChI is InChI=1S/C20H24FN3O3S2/c1-13(18(25)26)12-28-17-10-22-19(29-17)23-20(27)24(11-14-6-2-3-7-14)16-9-5-4-8-15(16)21/h4-5,8-10,13-14H,2-3,6-7,11-12H2,1H3,(H,25,26)(H,22,23,27). The second kappa shape index (κ2) is 10.1. The number of halogens is 1. The van der Waals surface area contributed by atoms with Crippen LogP contribution in [0.1, 0.15) is 32.6 Å². The zero-order chi connectivity index (χ0) is 20.8. The number of carboxylic acids is 1. The minimum absolute atomic E-state index is 0.262. The van der Waals surface area contributed by atoms with E-state index < -0.39 is 23.7 Å². The van der Waals surface area contributed by atoms with Gasteiger partial charge in [-0.05, 0) is 30.9 Å². The Bertz CT molecular complexity index is 855. The van der Waals surface area contributed by atoms with E-state index in [1.807, 2.05) is 0 Å². The predicted molar refractivity (Wildman–Crippen MR) is 114 cm³/mol. The van der Waals surface area contributed by atoms with E-state index in [9.17, 15) is 14.0 Å². The molecule has 0 saturated heterocycles. The lowest BCUT2D eigenvalue weighted by Crippen LogP contribution is -2.38. The Morgan fingerprint density at radius 3 is 2.79 bits per heavy atom. The predicted octanol–water partition coefficient (Wildman–Crippen LogP) is 5.32. The Morgan fingerprint density at radius 2 is 2.10 bits per heavy atom. The third-order valence-electron chi connectivity index (χ3n) is 4.90. The Hall–Kier alpha value is -2.13. The van der Waals surface area contributed by atoms with Gasteiger partial charge in [-0.15, -0.1) is 11.8 Å². The number of carbonyl (C=O) groups excluding carboxylic acids is 1. The number of nitrogens with zero attached hydrogens (tertiary/aromatic N) is 2. The number of thioether (sulfide) groups is 1. The second-order valence-electron chi connectivity index (χ2n) is 7.18. The Labute approximate surface area is 177 Å². The number of para-hydroxylation sites is 1. The number of amides is 2. The number of aliphatic carboxylic acids is 1. The van der Waals surface area contributed by atoms with Crippen LogP contribution in [-0.4, -0.2) is 34.4 Å². The summed E-state index contributed by atoms with van der Waals surface area (Å²) in [5.74, 6) is -0.960. The lowest BCUT2D eigenvalue weighted by molar-refractivity contribution is -0.140.